The van der Waals surface area contributed by atoms with E-state index >= 15 is 0 Å². The number of hydrogen-bond donors (Lipinski definition) is 0. The number of benzene rings is 4. The highest BCUT2D eigenvalue weighted by Gasteiger charge is 2.41. The smallest absolute Gasteiger partial charge is 0.429 e. The van der Waals surface area contributed by atoms with Crippen molar-refractivity contribution in [2.45, 2.75) is 38.7 Å². The van der Waals surface area contributed by atoms with Gasteiger partial charge in [0.05, 0.1) is 0 Å². The molecule has 0 saturated carbocycles. The predicted molar refractivity (Wildman–Crippen MR) is 130 cm³/mol. The lowest BCUT2D eigenvalue weighted by Crippen LogP contribution is -2.25. The van der Waals surface area contributed by atoms with E-state index < -0.39 is 58.1 Å². The van der Waals surface area contributed by atoms with Gasteiger partial charge in [-0.15, -0.1) is 0 Å². The van der Waals surface area contributed by atoms with E-state index in [0.29, 0.717) is 42.5 Å². The molecule has 4 aromatic carbocycles. The van der Waals surface area contributed by atoms with Gasteiger partial charge in [0.1, 0.15) is 22.9 Å². The number of alkyl halides is 2. The molecule has 40 heavy (non-hydrogen) atoms. The third-order valence-electron chi connectivity index (χ3n) is 6.27. The van der Waals surface area contributed by atoms with Crippen LogP contribution in [0.25, 0.3) is 11.1 Å². The van der Waals surface area contributed by atoms with Crippen LogP contribution < -0.4 is 4.74 Å². The maximum Gasteiger partial charge on any atom is 0.432 e. The zero-order chi connectivity index (χ0) is 29.2. The van der Waals surface area contributed by atoms with Crippen LogP contribution >= 0.6 is 0 Å². The Labute approximate surface area is 223 Å². The molecule has 4 aromatic rings. The van der Waals surface area contributed by atoms with E-state index in [0.717, 1.165) is 0 Å². The highest BCUT2D eigenvalue weighted by Crippen LogP contribution is 2.37. The third-order valence-corrected chi connectivity index (χ3v) is 6.27. The summed E-state index contributed by atoms with van der Waals surface area (Å²) in [6, 6.07) is 10.7. The molecule has 0 aromatic heterocycles. The van der Waals surface area contributed by atoms with Crippen LogP contribution in [0.5, 0.6) is 5.75 Å². The van der Waals surface area contributed by atoms with Crippen molar-refractivity contribution in [3.63, 3.8) is 0 Å². The van der Waals surface area contributed by atoms with Crippen LogP contribution in [0.15, 0.2) is 60.7 Å². The highest BCUT2D eigenvalue weighted by atomic mass is 19.3. The average Bonchev–Trinajstić information content (AvgIpc) is 2.89. The van der Waals surface area contributed by atoms with Gasteiger partial charge in [0, 0.05) is 12.1 Å². The van der Waals surface area contributed by atoms with Crippen LogP contribution in [0.2, 0.25) is 0 Å². The molecule has 0 aliphatic carbocycles. The van der Waals surface area contributed by atoms with Gasteiger partial charge in [-0.2, -0.15) is 8.78 Å². The summed E-state index contributed by atoms with van der Waals surface area (Å²) in [4.78, 5) is 0. The molecule has 0 radical (unpaired) electrons. The molecule has 4 rings (SSSR count). The molecule has 0 spiro atoms. The molecule has 0 saturated heterocycles. The lowest BCUT2D eigenvalue weighted by molar-refractivity contribution is -0.189. The quantitative estimate of drug-likeness (QED) is 0.145. The maximum atomic E-state index is 14.7. The van der Waals surface area contributed by atoms with E-state index in [1.54, 1.807) is 18.2 Å². The minimum atomic E-state index is -4.70. The van der Waals surface area contributed by atoms with Gasteiger partial charge >= 0.3 is 6.11 Å². The summed E-state index contributed by atoms with van der Waals surface area (Å²) in [5, 5.41) is 0. The van der Waals surface area contributed by atoms with Gasteiger partial charge in [0.2, 0.25) is 0 Å². The molecule has 1 nitrogen and oxygen atoms in total. The van der Waals surface area contributed by atoms with Crippen LogP contribution in [-0.4, -0.2) is 0 Å². The summed E-state index contributed by atoms with van der Waals surface area (Å²) in [7, 11) is 0. The normalized spacial score (nSPS) is 11.7. The zero-order valence-corrected chi connectivity index (χ0v) is 20.9. The lowest BCUT2D eigenvalue weighted by atomic mass is 9.98. The van der Waals surface area contributed by atoms with Crippen molar-refractivity contribution >= 4 is 0 Å². The van der Waals surface area contributed by atoms with Crippen molar-refractivity contribution in [3.05, 3.63) is 124 Å². The first kappa shape index (κ1) is 29.0. The second-order valence-electron chi connectivity index (χ2n) is 9.09. The first-order valence-electron chi connectivity index (χ1n) is 12.2. The predicted octanol–water partition coefficient (Wildman–Crippen LogP) is 9.19. The summed E-state index contributed by atoms with van der Waals surface area (Å²) in [6.45, 7) is 1.86. The van der Waals surface area contributed by atoms with Crippen molar-refractivity contribution in [2.75, 3.05) is 0 Å². The topological polar surface area (TPSA) is 9.23 Å². The molecule has 0 atom stereocenters. The van der Waals surface area contributed by atoms with Gasteiger partial charge < -0.3 is 4.74 Å². The Bertz CT molecular complexity index is 1490. The van der Waals surface area contributed by atoms with Gasteiger partial charge in [0.25, 0.3) is 0 Å². The van der Waals surface area contributed by atoms with Crippen LogP contribution in [0.1, 0.15) is 35.6 Å². The molecule has 10 heteroatoms. The zero-order valence-electron chi connectivity index (χ0n) is 20.9. The number of aryl methyl sites for hydroxylation is 3. The van der Waals surface area contributed by atoms with Crippen LogP contribution in [0, 0.1) is 40.7 Å². The average molecular weight is 568 g/mol. The number of rotatable bonds is 9. The molecule has 210 valence electrons. The molecule has 0 amide bonds. The second kappa shape index (κ2) is 11.7. The monoisotopic (exact) mass is 568 g/mol. The van der Waals surface area contributed by atoms with Gasteiger partial charge in [-0.25, -0.2) is 30.7 Å². The van der Waals surface area contributed by atoms with E-state index in [1.807, 2.05) is 6.92 Å². The summed E-state index contributed by atoms with van der Waals surface area (Å²) in [6.07, 6.45) is -3.07. The third kappa shape index (κ3) is 6.11. The lowest BCUT2D eigenvalue weighted by Gasteiger charge is -2.20. The van der Waals surface area contributed by atoms with Gasteiger partial charge in [0.15, 0.2) is 29.1 Å². The van der Waals surface area contributed by atoms with E-state index in [9.17, 15) is 39.5 Å². The Morgan fingerprint density at radius 3 is 1.62 bits per heavy atom. The van der Waals surface area contributed by atoms with Gasteiger partial charge in [-0.3, -0.25) is 0 Å². The molecule has 0 aliphatic heterocycles. The fourth-order valence-electron chi connectivity index (χ4n) is 4.24. The molecule has 0 heterocycles. The van der Waals surface area contributed by atoms with Crippen LogP contribution in [0.3, 0.4) is 0 Å². The van der Waals surface area contributed by atoms with Crippen molar-refractivity contribution in [1.29, 1.82) is 0 Å². The Morgan fingerprint density at radius 2 is 1.10 bits per heavy atom. The minimum absolute atomic E-state index is 0.0976. The van der Waals surface area contributed by atoms with Crippen LogP contribution in [-0.2, 0) is 25.4 Å². The summed E-state index contributed by atoms with van der Waals surface area (Å²) in [5.41, 5.74) is -0.424. The second-order valence-corrected chi connectivity index (χ2v) is 9.09. The highest BCUT2D eigenvalue weighted by molar-refractivity contribution is 5.64. The first-order valence-corrected chi connectivity index (χ1v) is 12.2. The molecule has 0 N–H and O–H groups in total. The molecule has 0 aliphatic rings. The summed E-state index contributed by atoms with van der Waals surface area (Å²) < 4.78 is 131. The van der Waals surface area contributed by atoms with Gasteiger partial charge in [-0.1, -0.05) is 49.7 Å². The standard InChI is InChI=1S/C30H21F9O/c1-2-3-18-10-11-19(28(36)27(18)35)9-6-16-4-7-17(8-5-16)20-12-22(31)26(23(32)13-20)30(38,39)40-21-14-24(33)29(37)25(34)15-21/h4-5,7-8,10-15H,2-3,6,9H2,1H3. The van der Waals surface area contributed by atoms with Crippen molar-refractivity contribution in [2.24, 2.45) is 0 Å². The Hall–Kier alpha value is -3.95. The first-order chi connectivity index (χ1) is 18.9. The molecule has 0 bridgehead atoms. The number of hydrogen-bond acceptors (Lipinski definition) is 1. The minimum Gasteiger partial charge on any atom is -0.429 e. The molecule has 0 fully saturated rings. The van der Waals surface area contributed by atoms with E-state index in [4.69, 9.17) is 0 Å². The van der Waals surface area contributed by atoms with Gasteiger partial charge in [-0.05, 0) is 59.2 Å². The Kier molecular flexibility index (Phi) is 8.46. The van der Waals surface area contributed by atoms with E-state index in [1.165, 1.54) is 18.2 Å². The van der Waals surface area contributed by atoms with Crippen molar-refractivity contribution in [1.82, 2.24) is 0 Å². The number of ether oxygens (including phenoxy) is 1. The van der Waals surface area contributed by atoms with E-state index in [-0.39, 0.29) is 35.2 Å². The number of halogens is 9. The SMILES string of the molecule is CCCc1ccc(CCc2ccc(-c3cc(F)c(C(F)(F)Oc4cc(F)c(F)c(F)c4)c(F)c3)cc2)c(F)c1F. The fraction of sp³-hybridized carbons (Fsp3) is 0.200. The summed E-state index contributed by atoms with van der Waals surface area (Å²) >= 11 is 0. The fourth-order valence-corrected chi connectivity index (χ4v) is 4.24. The van der Waals surface area contributed by atoms with Crippen molar-refractivity contribution < 1.29 is 44.3 Å². The Balaban J connectivity index is 1.50. The molecule has 0 unspecified atom stereocenters. The molecular formula is C30H21F9O. The maximum absolute atomic E-state index is 14.7. The van der Waals surface area contributed by atoms with Crippen molar-refractivity contribution in [3.8, 4) is 16.9 Å². The summed E-state index contributed by atoms with van der Waals surface area (Å²) in [5.74, 6) is -11.9. The van der Waals surface area contributed by atoms with E-state index in [2.05, 4.69) is 4.74 Å². The Morgan fingerprint density at radius 1 is 0.575 bits per heavy atom. The molecular weight excluding hydrogens is 547 g/mol. The van der Waals surface area contributed by atoms with Crippen LogP contribution in [0.4, 0.5) is 39.5 Å². The largest absolute Gasteiger partial charge is 0.432 e.